The molecular formula is C14H12Cl2N4. The topological polar surface area (TPSA) is 43.6 Å². The Morgan fingerprint density at radius 2 is 2.05 bits per heavy atom. The number of aryl methyl sites for hydroxylation is 1. The molecule has 2 aromatic heterocycles. The molecule has 0 radical (unpaired) electrons. The lowest BCUT2D eigenvalue weighted by atomic mass is 10.3. The first kappa shape index (κ1) is 13.3. The largest absolute Gasteiger partial charge is 0.321 e. The maximum absolute atomic E-state index is 6.00. The molecule has 102 valence electrons. The highest BCUT2D eigenvalue weighted by molar-refractivity contribution is 6.31. The van der Waals surface area contributed by atoms with Crippen molar-refractivity contribution in [1.82, 2.24) is 19.5 Å². The molecule has 1 aromatic carbocycles. The lowest BCUT2D eigenvalue weighted by Gasteiger charge is -2.07. The predicted octanol–water partition coefficient (Wildman–Crippen LogP) is 3.58. The molecule has 0 fully saturated rings. The van der Waals surface area contributed by atoms with Gasteiger partial charge in [-0.05, 0) is 25.1 Å². The lowest BCUT2D eigenvalue weighted by Crippen LogP contribution is -2.06. The summed E-state index contributed by atoms with van der Waals surface area (Å²) in [5.74, 6) is 1.14. The summed E-state index contributed by atoms with van der Waals surface area (Å²) in [6.07, 6.45) is 3.53. The predicted molar refractivity (Wildman–Crippen MR) is 80.2 cm³/mol. The van der Waals surface area contributed by atoms with Crippen LogP contribution in [0.5, 0.6) is 0 Å². The summed E-state index contributed by atoms with van der Waals surface area (Å²) in [5.41, 5.74) is 3.60. The standard InChI is InChI=1S/C14H12Cl2N4/c1-9-6-18-11(7-17-9)8-20-13-3-2-10(16)4-12(13)19-14(20)5-15/h2-4,6-7H,5,8H2,1H3. The summed E-state index contributed by atoms with van der Waals surface area (Å²) in [4.78, 5) is 13.1. The third kappa shape index (κ3) is 2.49. The molecule has 3 rings (SSSR count). The van der Waals surface area contributed by atoms with E-state index in [9.17, 15) is 0 Å². The third-order valence-corrected chi connectivity index (χ3v) is 3.54. The maximum atomic E-state index is 6.00. The summed E-state index contributed by atoms with van der Waals surface area (Å²) in [7, 11) is 0. The number of benzene rings is 1. The quantitative estimate of drug-likeness (QED) is 0.695. The molecule has 0 N–H and O–H groups in total. The van der Waals surface area contributed by atoms with Crippen LogP contribution in [0.2, 0.25) is 5.02 Å². The minimum atomic E-state index is 0.339. The highest BCUT2D eigenvalue weighted by Crippen LogP contribution is 2.22. The highest BCUT2D eigenvalue weighted by Gasteiger charge is 2.11. The Hall–Kier alpha value is -1.65. The second kappa shape index (κ2) is 5.38. The number of hydrogen-bond donors (Lipinski definition) is 0. The molecule has 0 spiro atoms. The zero-order valence-corrected chi connectivity index (χ0v) is 12.4. The maximum Gasteiger partial charge on any atom is 0.125 e. The molecule has 0 atom stereocenters. The number of nitrogens with zero attached hydrogens (tertiary/aromatic N) is 4. The fourth-order valence-corrected chi connectivity index (χ4v) is 2.46. The molecule has 0 saturated carbocycles. The summed E-state index contributed by atoms with van der Waals surface area (Å²) >= 11 is 12.0. The average Bonchev–Trinajstić information content (AvgIpc) is 2.78. The summed E-state index contributed by atoms with van der Waals surface area (Å²) in [6, 6.07) is 5.63. The Labute approximate surface area is 126 Å². The van der Waals surface area contributed by atoms with Crippen LogP contribution in [0.15, 0.2) is 30.6 Å². The number of aromatic nitrogens is 4. The number of alkyl halides is 1. The molecule has 20 heavy (non-hydrogen) atoms. The van der Waals surface area contributed by atoms with Crippen LogP contribution in [0.3, 0.4) is 0 Å². The first-order valence-corrected chi connectivity index (χ1v) is 7.07. The molecule has 0 saturated heterocycles. The lowest BCUT2D eigenvalue weighted by molar-refractivity contribution is 0.751. The van der Waals surface area contributed by atoms with E-state index in [4.69, 9.17) is 23.2 Å². The first-order valence-electron chi connectivity index (χ1n) is 6.15. The molecule has 0 bridgehead atoms. The van der Waals surface area contributed by atoms with Crippen LogP contribution < -0.4 is 0 Å². The number of halogens is 2. The molecule has 6 heteroatoms. The molecule has 3 aromatic rings. The minimum Gasteiger partial charge on any atom is -0.321 e. The summed E-state index contributed by atoms with van der Waals surface area (Å²) in [6.45, 7) is 2.50. The van der Waals surface area contributed by atoms with Gasteiger partial charge in [0.05, 0.1) is 41.0 Å². The van der Waals surface area contributed by atoms with E-state index in [1.54, 1.807) is 12.4 Å². The van der Waals surface area contributed by atoms with Crippen LogP contribution in [0.1, 0.15) is 17.2 Å². The van der Waals surface area contributed by atoms with Crippen molar-refractivity contribution < 1.29 is 0 Å². The third-order valence-electron chi connectivity index (χ3n) is 3.06. The van der Waals surface area contributed by atoms with Crippen molar-refractivity contribution in [3.63, 3.8) is 0 Å². The van der Waals surface area contributed by atoms with Gasteiger partial charge in [0.15, 0.2) is 0 Å². The number of imidazole rings is 1. The number of rotatable bonds is 3. The number of hydrogen-bond acceptors (Lipinski definition) is 3. The van der Waals surface area contributed by atoms with Gasteiger partial charge in [0.2, 0.25) is 0 Å². The van der Waals surface area contributed by atoms with Crippen molar-refractivity contribution in [3.05, 3.63) is 52.8 Å². The second-order valence-corrected chi connectivity index (χ2v) is 5.23. The van der Waals surface area contributed by atoms with E-state index in [1.165, 1.54) is 0 Å². The molecule has 0 aliphatic heterocycles. The molecular weight excluding hydrogens is 295 g/mol. The van der Waals surface area contributed by atoms with Gasteiger partial charge in [0, 0.05) is 11.2 Å². The van der Waals surface area contributed by atoms with Gasteiger partial charge in [-0.1, -0.05) is 11.6 Å². The fourth-order valence-electron chi connectivity index (χ4n) is 2.09. The van der Waals surface area contributed by atoms with Crippen LogP contribution in [-0.4, -0.2) is 19.5 Å². The van der Waals surface area contributed by atoms with E-state index < -0.39 is 0 Å². The van der Waals surface area contributed by atoms with E-state index in [1.807, 2.05) is 29.7 Å². The van der Waals surface area contributed by atoms with Crippen molar-refractivity contribution in [2.24, 2.45) is 0 Å². The summed E-state index contributed by atoms with van der Waals surface area (Å²) in [5, 5.41) is 0.665. The average molecular weight is 307 g/mol. The van der Waals surface area contributed by atoms with E-state index in [0.29, 0.717) is 17.4 Å². The van der Waals surface area contributed by atoms with Gasteiger partial charge in [-0.3, -0.25) is 9.97 Å². The van der Waals surface area contributed by atoms with Crippen LogP contribution >= 0.6 is 23.2 Å². The number of fused-ring (bicyclic) bond motifs is 1. The Kier molecular flexibility index (Phi) is 3.59. The first-order chi connectivity index (χ1) is 9.67. The van der Waals surface area contributed by atoms with Crippen LogP contribution in [-0.2, 0) is 12.4 Å². The zero-order chi connectivity index (χ0) is 14.1. The van der Waals surface area contributed by atoms with Gasteiger partial charge in [0.1, 0.15) is 5.82 Å². The van der Waals surface area contributed by atoms with Crippen molar-refractivity contribution in [2.75, 3.05) is 0 Å². The van der Waals surface area contributed by atoms with E-state index >= 15 is 0 Å². The smallest absolute Gasteiger partial charge is 0.125 e. The normalized spacial score (nSPS) is 11.2. The van der Waals surface area contributed by atoms with Crippen molar-refractivity contribution in [3.8, 4) is 0 Å². The van der Waals surface area contributed by atoms with Gasteiger partial charge in [-0.25, -0.2) is 4.98 Å². The van der Waals surface area contributed by atoms with Gasteiger partial charge in [-0.15, -0.1) is 11.6 Å². The molecule has 0 amide bonds. The Morgan fingerprint density at radius 3 is 2.75 bits per heavy atom. The van der Waals surface area contributed by atoms with Crippen molar-refractivity contribution in [1.29, 1.82) is 0 Å². The highest BCUT2D eigenvalue weighted by atomic mass is 35.5. The molecule has 0 aliphatic carbocycles. The Balaban J connectivity index is 2.07. The van der Waals surface area contributed by atoms with Gasteiger partial charge in [0.25, 0.3) is 0 Å². The van der Waals surface area contributed by atoms with Gasteiger partial charge < -0.3 is 4.57 Å². The van der Waals surface area contributed by atoms with E-state index in [0.717, 1.165) is 28.2 Å². The zero-order valence-electron chi connectivity index (χ0n) is 10.8. The van der Waals surface area contributed by atoms with Gasteiger partial charge >= 0.3 is 0 Å². The molecule has 4 nitrogen and oxygen atoms in total. The van der Waals surface area contributed by atoms with Gasteiger partial charge in [-0.2, -0.15) is 0 Å². The van der Waals surface area contributed by atoms with Crippen LogP contribution in [0.4, 0.5) is 0 Å². The van der Waals surface area contributed by atoms with Crippen LogP contribution in [0, 0.1) is 6.92 Å². The second-order valence-electron chi connectivity index (χ2n) is 4.53. The van der Waals surface area contributed by atoms with Crippen molar-refractivity contribution in [2.45, 2.75) is 19.3 Å². The van der Waals surface area contributed by atoms with E-state index in [-0.39, 0.29) is 0 Å². The van der Waals surface area contributed by atoms with Crippen LogP contribution in [0.25, 0.3) is 11.0 Å². The molecule has 0 unspecified atom stereocenters. The Morgan fingerprint density at radius 1 is 1.20 bits per heavy atom. The SMILES string of the molecule is Cc1cnc(Cn2c(CCl)nc3cc(Cl)ccc32)cn1. The summed E-state index contributed by atoms with van der Waals surface area (Å²) < 4.78 is 2.04. The fraction of sp³-hybridized carbons (Fsp3) is 0.214. The monoisotopic (exact) mass is 306 g/mol. The molecule has 2 heterocycles. The Bertz CT molecular complexity index is 750. The minimum absolute atomic E-state index is 0.339. The molecule has 0 aliphatic rings. The van der Waals surface area contributed by atoms with E-state index in [2.05, 4.69) is 15.0 Å². The van der Waals surface area contributed by atoms with Crippen molar-refractivity contribution >= 4 is 34.2 Å².